The number of methoxy groups -OCH3 is 2. The van der Waals surface area contributed by atoms with Crippen LogP contribution < -0.4 is 15.0 Å². The highest BCUT2D eigenvalue weighted by Crippen LogP contribution is 2.32. The molecule has 2 rings (SSSR count). The van der Waals surface area contributed by atoms with Crippen molar-refractivity contribution in [2.45, 2.75) is 13.5 Å². The summed E-state index contributed by atoms with van der Waals surface area (Å²) in [6, 6.07) is 10.6. The van der Waals surface area contributed by atoms with Crippen LogP contribution >= 0.6 is 0 Å². The zero-order valence-electron chi connectivity index (χ0n) is 12.2. The Labute approximate surface area is 123 Å². The van der Waals surface area contributed by atoms with Crippen molar-refractivity contribution < 1.29 is 9.47 Å². The van der Waals surface area contributed by atoms with Crippen LogP contribution in [0.4, 0.5) is 0 Å². The number of hydrogen-bond acceptors (Lipinski definition) is 4. The third-order valence-electron chi connectivity index (χ3n) is 3.29. The van der Waals surface area contributed by atoms with Crippen molar-refractivity contribution in [3.8, 4) is 28.8 Å². The summed E-state index contributed by atoms with van der Waals surface area (Å²) in [7, 11) is 3.15. The number of pyridine rings is 1. The van der Waals surface area contributed by atoms with Crippen molar-refractivity contribution >= 4 is 0 Å². The molecule has 0 atom stereocenters. The quantitative estimate of drug-likeness (QED) is 0.865. The van der Waals surface area contributed by atoms with E-state index in [0.717, 1.165) is 5.56 Å². The zero-order chi connectivity index (χ0) is 15.4. The molecule has 1 aromatic heterocycles. The molecule has 0 fully saturated rings. The largest absolute Gasteiger partial charge is 0.497 e. The molecule has 21 heavy (non-hydrogen) atoms. The summed E-state index contributed by atoms with van der Waals surface area (Å²) in [5.41, 5.74) is 1.27. The summed E-state index contributed by atoms with van der Waals surface area (Å²) in [5.74, 6) is 1.31. The molecule has 5 heteroatoms. The molecule has 0 amide bonds. The predicted molar refractivity (Wildman–Crippen MR) is 79.6 cm³/mol. The second-order valence-corrected chi connectivity index (χ2v) is 4.36. The van der Waals surface area contributed by atoms with Crippen molar-refractivity contribution in [2.24, 2.45) is 0 Å². The first-order valence-electron chi connectivity index (χ1n) is 6.52. The summed E-state index contributed by atoms with van der Waals surface area (Å²) in [5, 5.41) is 8.97. The minimum Gasteiger partial charge on any atom is -0.497 e. The molecule has 1 aromatic carbocycles. The van der Waals surface area contributed by atoms with Gasteiger partial charge in [0.25, 0.3) is 5.56 Å². The van der Waals surface area contributed by atoms with E-state index < -0.39 is 0 Å². The van der Waals surface area contributed by atoms with Crippen molar-refractivity contribution in [1.29, 1.82) is 5.26 Å². The van der Waals surface area contributed by atoms with E-state index in [1.807, 2.05) is 19.1 Å². The molecule has 5 nitrogen and oxygen atoms in total. The van der Waals surface area contributed by atoms with Crippen molar-refractivity contribution in [2.75, 3.05) is 14.2 Å². The summed E-state index contributed by atoms with van der Waals surface area (Å²) in [6.07, 6.45) is 0. The highest BCUT2D eigenvalue weighted by atomic mass is 16.5. The van der Waals surface area contributed by atoms with Gasteiger partial charge in [-0.2, -0.15) is 5.26 Å². The topological polar surface area (TPSA) is 64.2 Å². The van der Waals surface area contributed by atoms with E-state index in [2.05, 4.69) is 0 Å². The summed E-state index contributed by atoms with van der Waals surface area (Å²) >= 11 is 0. The van der Waals surface area contributed by atoms with Crippen LogP contribution in [0.25, 0.3) is 11.3 Å². The molecule has 1 heterocycles. The lowest BCUT2D eigenvalue weighted by Gasteiger charge is -2.15. The fourth-order valence-corrected chi connectivity index (χ4v) is 2.23. The Hall–Kier alpha value is -2.74. The van der Waals surface area contributed by atoms with Crippen molar-refractivity contribution in [3.05, 3.63) is 46.2 Å². The smallest absolute Gasteiger partial charge is 0.268 e. The van der Waals surface area contributed by atoms with Crippen LogP contribution in [0.2, 0.25) is 0 Å². The molecular weight excluding hydrogens is 268 g/mol. The fraction of sp³-hybridized carbons (Fsp3) is 0.250. The number of aromatic nitrogens is 1. The maximum absolute atomic E-state index is 12.2. The van der Waals surface area contributed by atoms with E-state index in [0.29, 0.717) is 23.7 Å². The average molecular weight is 284 g/mol. The molecule has 0 radical (unpaired) electrons. The Bertz CT molecular complexity index is 757. The lowest BCUT2D eigenvalue weighted by Crippen LogP contribution is -2.23. The van der Waals surface area contributed by atoms with Crippen LogP contribution in [-0.2, 0) is 6.54 Å². The summed E-state index contributed by atoms with van der Waals surface area (Å²) in [6.45, 7) is 2.32. The maximum Gasteiger partial charge on any atom is 0.268 e. The zero-order valence-corrected chi connectivity index (χ0v) is 12.2. The van der Waals surface area contributed by atoms with E-state index in [9.17, 15) is 4.79 Å². The number of benzene rings is 1. The average Bonchev–Trinajstić information content (AvgIpc) is 2.53. The number of ether oxygens (including phenoxy) is 2. The van der Waals surface area contributed by atoms with E-state index in [1.54, 1.807) is 37.0 Å². The first-order valence-corrected chi connectivity index (χ1v) is 6.52. The normalized spacial score (nSPS) is 10.0. The molecule has 0 aliphatic carbocycles. The molecule has 108 valence electrons. The van der Waals surface area contributed by atoms with Gasteiger partial charge in [-0.3, -0.25) is 4.79 Å². The van der Waals surface area contributed by atoms with Crippen molar-refractivity contribution in [3.63, 3.8) is 0 Å². The van der Waals surface area contributed by atoms with Gasteiger partial charge in [0.15, 0.2) is 0 Å². The van der Waals surface area contributed by atoms with Crippen molar-refractivity contribution in [1.82, 2.24) is 4.57 Å². The Morgan fingerprint density at radius 1 is 1.19 bits per heavy atom. The molecule has 0 unspecified atom stereocenters. The molecule has 2 aromatic rings. The molecule has 0 spiro atoms. The maximum atomic E-state index is 12.2. The van der Waals surface area contributed by atoms with Crippen LogP contribution in [0.1, 0.15) is 12.5 Å². The number of rotatable bonds is 4. The van der Waals surface area contributed by atoms with E-state index in [4.69, 9.17) is 14.7 Å². The third-order valence-corrected chi connectivity index (χ3v) is 3.29. The number of nitriles is 1. The third kappa shape index (κ3) is 2.61. The molecule has 0 aliphatic rings. The highest BCUT2D eigenvalue weighted by Gasteiger charge is 2.14. The van der Waals surface area contributed by atoms with Crippen LogP contribution in [-0.4, -0.2) is 18.8 Å². The van der Waals surface area contributed by atoms with Gasteiger partial charge in [-0.15, -0.1) is 0 Å². The minimum absolute atomic E-state index is 0.127. The Morgan fingerprint density at radius 2 is 1.95 bits per heavy atom. The van der Waals surface area contributed by atoms with Gasteiger partial charge in [-0.1, -0.05) is 0 Å². The summed E-state index contributed by atoms with van der Waals surface area (Å²) < 4.78 is 12.1. The monoisotopic (exact) mass is 284 g/mol. The number of nitrogens with zero attached hydrogens (tertiary/aromatic N) is 2. The first-order chi connectivity index (χ1) is 10.2. The van der Waals surface area contributed by atoms with Gasteiger partial charge in [0.2, 0.25) is 0 Å². The standard InChI is InChI=1S/C16H16N2O3/c1-4-18-14(7-5-11(10-17)16(18)19)13-9-12(20-2)6-8-15(13)21-3/h5-9H,4H2,1-3H3. The van der Waals surface area contributed by atoms with Crippen LogP contribution in [0.15, 0.2) is 35.1 Å². The Morgan fingerprint density at radius 3 is 2.52 bits per heavy atom. The van der Waals surface area contributed by atoms with Crippen LogP contribution in [0.5, 0.6) is 11.5 Å². The van der Waals surface area contributed by atoms with E-state index >= 15 is 0 Å². The molecular formula is C16H16N2O3. The molecule has 0 saturated heterocycles. The van der Waals surface area contributed by atoms with E-state index in [-0.39, 0.29) is 11.1 Å². The van der Waals surface area contributed by atoms with Gasteiger partial charge in [0, 0.05) is 12.1 Å². The second kappa shape index (κ2) is 6.14. The van der Waals surface area contributed by atoms with Crippen LogP contribution in [0, 0.1) is 11.3 Å². The van der Waals surface area contributed by atoms with Gasteiger partial charge >= 0.3 is 0 Å². The Kier molecular flexibility index (Phi) is 4.29. The van der Waals surface area contributed by atoms with Gasteiger partial charge in [0.05, 0.1) is 19.9 Å². The lowest BCUT2D eigenvalue weighted by atomic mass is 10.1. The molecule has 0 N–H and O–H groups in total. The fourth-order valence-electron chi connectivity index (χ4n) is 2.23. The number of hydrogen-bond donors (Lipinski definition) is 0. The minimum atomic E-state index is -0.303. The predicted octanol–water partition coefficient (Wildman–Crippen LogP) is 2.42. The lowest BCUT2D eigenvalue weighted by molar-refractivity contribution is 0.404. The molecule has 0 aliphatic heterocycles. The SMILES string of the molecule is CCn1c(-c2cc(OC)ccc2OC)ccc(C#N)c1=O. The van der Waals surface area contributed by atoms with Gasteiger partial charge < -0.3 is 14.0 Å². The molecule has 0 bridgehead atoms. The van der Waals surface area contributed by atoms with E-state index in [1.165, 1.54) is 6.07 Å². The molecule has 0 saturated carbocycles. The Balaban J connectivity index is 2.75. The summed E-state index contributed by atoms with van der Waals surface area (Å²) in [4.78, 5) is 12.2. The first kappa shape index (κ1) is 14.7. The van der Waals surface area contributed by atoms with Gasteiger partial charge in [-0.25, -0.2) is 0 Å². The van der Waals surface area contributed by atoms with Crippen LogP contribution in [0.3, 0.4) is 0 Å². The van der Waals surface area contributed by atoms with Gasteiger partial charge in [-0.05, 0) is 37.3 Å². The second-order valence-electron chi connectivity index (χ2n) is 4.36. The van der Waals surface area contributed by atoms with Gasteiger partial charge in [0.1, 0.15) is 23.1 Å². The highest BCUT2D eigenvalue weighted by molar-refractivity contribution is 5.70.